The van der Waals surface area contributed by atoms with Gasteiger partial charge in [-0.2, -0.15) is 0 Å². The van der Waals surface area contributed by atoms with Gasteiger partial charge in [-0.25, -0.2) is 0 Å². The minimum Gasteiger partial charge on any atom is -0.488 e. The predicted molar refractivity (Wildman–Crippen MR) is 129 cm³/mol. The van der Waals surface area contributed by atoms with E-state index < -0.39 is 18.0 Å². The van der Waals surface area contributed by atoms with Gasteiger partial charge in [-0.15, -0.1) is 0 Å². The maximum Gasteiger partial charge on any atom is 0.311 e. The van der Waals surface area contributed by atoms with Crippen molar-refractivity contribution in [1.82, 2.24) is 5.32 Å². The molecule has 2 aliphatic carbocycles. The van der Waals surface area contributed by atoms with Crippen molar-refractivity contribution >= 4 is 5.97 Å². The lowest BCUT2D eigenvalue weighted by Crippen LogP contribution is -2.45. The summed E-state index contributed by atoms with van der Waals surface area (Å²) >= 11 is 0. The van der Waals surface area contributed by atoms with Gasteiger partial charge in [-0.3, -0.25) is 4.79 Å². The summed E-state index contributed by atoms with van der Waals surface area (Å²) < 4.78 is 12.0. The maximum absolute atomic E-state index is 11.3. The molecule has 0 aromatic heterocycles. The van der Waals surface area contributed by atoms with Crippen LogP contribution >= 0.6 is 0 Å². The molecule has 0 unspecified atom stereocenters. The maximum atomic E-state index is 11.3. The number of rotatable bonds is 10. The first kappa shape index (κ1) is 23.3. The van der Waals surface area contributed by atoms with E-state index >= 15 is 0 Å². The van der Waals surface area contributed by atoms with Crippen LogP contribution in [0.5, 0.6) is 5.75 Å². The average molecular weight is 466 g/mol. The number of hydrogen-bond acceptors (Lipinski definition) is 5. The van der Waals surface area contributed by atoms with Gasteiger partial charge in [0, 0.05) is 29.1 Å². The molecule has 5 atom stereocenters. The predicted octanol–water partition coefficient (Wildman–Crippen LogP) is 3.86. The number of carbonyl (C=O) groups is 1. The fraction of sp³-hybridized carbons (Fsp3) is 0.536. The van der Waals surface area contributed by atoms with Crippen LogP contribution < -0.4 is 10.1 Å². The molecule has 3 N–H and O–H groups in total. The van der Waals surface area contributed by atoms with Crippen LogP contribution in [-0.4, -0.2) is 47.1 Å². The van der Waals surface area contributed by atoms with E-state index in [0.717, 1.165) is 36.1 Å². The third kappa shape index (κ3) is 4.59. The molecule has 2 aromatic rings. The van der Waals surface area contributed by atoms with Crippen LogP contribution in [0.4, 0.5) is 0 Å². The second-order valence-corrected chi connectivity index (χ2v) is 10.9. The molecular formula is C28H35NO5. The van der Waals surface area contributed by atoms with Crippen LogP contribution in [-0.2, 0) is 22.4 Å². The molecule has 6 nitrogen and oxygen atoms in total. The van der Waals surface area contributed by atoms with Crippen molar-refractivity contribution in [2.24, 2.45) is 11.8 Å². The monoisotopic (exact) mass is 465 g/mol. The summed E-state index contributed by atoms with van der Waals surface area (Å²) in [5.41, 5.74) is 4.74. The zero-order valence-electron chi connectivity index (χ0n) is 20.2. The first-order valence-electron chi connectivity index (χ1n) is 12.4. The van der Waals surface area contributed by atoms with Crippen LogP contribution in [0.1, 0.15) is 61.5 Å². The number of carboxylic acid groups (broad SMARTS) is 1. The highest BCUT2D eigenvalue weighted by Crippen LogP contribution is 2.59. The van der Waals surface area contributed by atoms with E-state index in [1.165, 1.54) is 11.1 Å². The molecule has 5 rings (SSSR count). The number of aliphatic carboxylic acids is 1. The summed E-state index contributed by atoms with van der Waals surface area (Å²) in [5.74, 6) is 0.0959. The van der Waals surface area contributed by atoms with Crippen molar-refractivity contribution in [3.63, 3.8) is 0 Å². The van der Waals surface area contributed by atoms with Gasteiger partial charge in [-0.1, -0.05) is 42.5 Å². The zero-order valence-corrected chi connectivity index (χ0v) is 20.2. The van der Waals surface area contributed by atoms with Gasteiger partial charge >= 0.3 is 5.97 Å². The molecule has 0 bridgehead atoms. The standard InChI is InChI=1S/C28H35NO5/c1-16(21-9-6-10-22-23-24(27(31)32)26(23)34-25(21)22)33-15-20(30)14-29-28(2,3)13-17-11-18-7-4-5-8-19(18)12-17/h4-10,16-17,20,23-24,26,29-30H,11-15H2,1-3H3,(H,31,32)/t16-,20-,23+,24+,26+/m1/s1. The zero-order chi connectivity index (χ0) is 24.0. The number of fused-ring (bicyclic) bond motifs is 4. The molecule has 6 heteroatoms. The van der Waals surface area contributed by atoms with Gasteiger partial charge in [0.2, 0.25) is 0 Å². The quantitative estimate of drug-likeness (QED) is 0.494. The van der Waals surface area contributed by atoms with Gasteiger partial charge in [0.05, 0.1) is 18.8 Å². The smallest absolute Gasteiger partial charge is 0.311 e. The Balaban J connectivity index is 1.09. The lowest BCUT2D eigenvalue weighted by molar-refractivity contribution is -0.139. The molecule has 3 aliphatic rings. The number of β-amino-alcohol motifs (C(OH)–C–C–N with tert-alkyl or cyclic N) is 1. The average Bonchev–Trinajstić information content (AvgIpc) is 3.16. The molecule has 0 saturated heterocycles. The highest BCUT2D eigenvalue weighted by atomic mass is 16.5. The Hall–Kier alpha value is -2.41. The summed E-state index contributed by atoms with van der Waals surface area (Å²) in [6.07, 6.45) is 2.18. The Kier molecular flexibility index (Phi) is 6.17. The van der Waals surface area contributed by atoms with Crippen LogP contribution in [0.2, 0.25) is 0 Å². The minimum atomic E-state index is -0.800. The van der Waals surface area contributed by atoms with E-state index in [1.54, 1.807) is 0 Å². The molecule has 1 saturated carbocycles. The van der Waals surface area contributed by atoms with E-state index in [4.69, 9.17) is 9.47 Å². The second kappa shape index (κ2) is 8.99. The minimum absolute atomic E-state index is 0.0515. The third-order valence-corrected chi connectivity index (χ3v) is 7.66. The number of benzene rings is 2. The van der Waals surface area contributed by atoms with E-state index in [1.807, 2.05) is 25.1 Å². The molecule has 0 amide bonds. The van der Waals surface area contributed by atoms with E-state index in [9.17, 15) is 15.0 Å². The van der Waals surface area contributed by atoms with Gasteiger partial charge in [-0.05, 0) is 57.1 Å². The molecule has 0 spiro atoms. The van der Waals surface area contributed by atoms with Crippen molar-refractivity contribution in [2.75, 3.05) is 13.2 Å². The van der Waals surface area contributed by atoms with Crippen LogP contribution in [0.15, 0.2) is 42.5 Å². The number of hydrogen-bond donors (Lipinski definition) is 3. The van der Waals surface area contributed by atoms with E-state index in [2.05, 4.69) is 43.4 Å². The fourth-order valence-electron chi connectivity index (χ4n) is 5.91. The van der Waals surface area contributed by atoms with Crippen LogP contribution in [0, 0.1) is 11.8 Å². The SMILES string of the molecule is C[C@@H](OC[C@H](O)CNC(C)(C)CC1Cc2ccccc2C1)c1cccc2c1O[C@@H]1[C@@H](C(=O)O)[C@H]21. The highest BCUT2D eigenvalue weighted by molar-refractivity contribution is 5.79. The third-order valence-electron chi connectivity index (χ3n) is 7.66. The van der Waals surface area contributed by atoms with Crippen LogP contribution in [0.3, 0.4) is 0 Å². The summed E-state index contributed by atoms with van der Waals surface area (Å²) in [6, 6.07) is 14.5. The molecule has 1 aliphatic heterocycles. The Bertz CT molecular complexity index is 1040. The van der Waals surface area contributed by atoms with E-state index in [0.29, 0.717) is 12.5 Å². The van der Waals surface area contributed by atoms with Gasteiger partial charge in [0.1, 0.15) is 17.8 Å². The van der Waals surface area contributed by atoms with Gasteiger partial charge < -0.3 is 25.0 Å². The second-order valence-electron chi connectivity index (χ2n) is 10.9. The van der Waals surface area contributed by atoms with Gasteiger partial charge in [0.15, 0.2) is 0 Å². The highest BCUT2D eigenvalue weighted by Gasteiger charge is 2.63. The number of para-hydroxylation sites is 1. The van der Waals surface area contributed by atoms with Crippen molar-refractivity contribution in [1.29, 1.82) is 0 Å². The molecular weight excluding hydrogens is 430 g/mol. The summed E-state index contributed by atoms with van der Waals surface area (Å²) in [4.78, 5) is 11.3. The lowest BCUT2D eigenvalue weighted by atomic mass is 9.88. The van der Waals surface area contributed by atoms with Crippen molar-refractivity contribution in [2.45, 2.75) is 69.8 Å². The molecule has 0 radical (unpaired) electrons. The van der Waals surface area contributed by atoms with Crippen molar-refractivity contribution < 1.29 is 24.5 Å². The first-order valence-corrected chi connectivity index (χ1v) is 12.4. The Morgan fingerprint density at radius 1 is 1.18 bits per heavy atom. The number of ether oxygens (including phenoxy) is 2. The summed E-state index contributed by atoms with van der Waals surface area (Å²) in [6.45, 7) is 7.03. The number of nitrogens with one attached hydrogen (secondary N) is 1. The normalized spacial score (nSPS) is 24.6. The van der Waals surface area contributed by atoms with Crippen molar-refractivity contribution in [3.05, 3.63) is 64.7 Å². The molecule has 34 heavy (non-hydrogen) atoms. The molecule has 182 valence electrons. The Morgan fingerprint density at radius 3 is 2.56 bits per heavy atom. The first-order chi connectivity index (χ1) is 16.2. The molecule has 2 aromatic carbocycles. The number of aliphatic hydroxyl groups is 1. The number of carboxylic acids is 1. The lowest BCUT2D eigenvalue weighted by Gasteiger charge is -2.31. The Morgan fingerprint density at radius 2 is 1.88 bits per heavy atom. The number of aliphatic hydroxyl groups excluding tert-OH is 1. The molecule has 1 fully saturated rings. The summed E-state index contributed by atoms with van der Waals surface area (Å²) in [5, 5.41) is 23.4. The molecule has 1 heterocycles. The topological polar surface area (TPSA) is 88.0 Å². The summed E-state index contributed by atoms with van der Waals surface area (Å²) in [7, 11) is 0. The Labute approximate surface area is 201 Å². The van der Waals surface area contributed by atoms with Gasteiger partial charge in [0.25, 0.3) is 0 Å². The fourth-order valence-corrected chi connectivity index (χ4v) is 5.91. The van der Waals surface area contributed by atoms with E-state index in [-0.39, 0.29) is 30.3 Å². The van der Waals surface area contributed by atoms with Crippen LogP contribution in [0.25, 0.3) is 0 Å². The van der Waals surface area contributed by atoms with Crippen molar-refractivity contribution in [3.8, 4) is 5.75 Å². The largest absolute Gasteiger partial charge is 0.488 e.